The number of hydrogen-bond acceptors (Lipinski definition) is 5. The van der Waals surface area contributed by atoms with Gasteiger partial charge in [-0.05, 0) is 43.6 Å². The van der Waals surface area contributed by atoms with Gasteiger partial charge >= 0.3 is 7.12 Å². The molecule has 0 unspecified atom stereocenters. The van der Waals surface area contributed by atoms with Crippen molar-refractivity contribution in [3.63, 3.8) is 0 Å². The molecule has 0 atom stereocenters. The Morgan fingerprint density at radius 2 is 1.71 bits per heavy atom. The van der Waals surface area contributed by atoms with Crippen molar-refractivity contribution in [3.8, 4) is 5.82 Å². The number of nitrogens with zero attached hydrogens (tertiary/aromatic N) is 4. The van der Waals surface area contributed by atoms with Gasteiger partial charge in [0, 0.05) is 12.4 Å². The summed E-state index contributed by atoms with van der Waals surface area (Å²) in [5.74, 6) is 0.640. The van der Waals surface area contributed by atoms with E-state index in [1.54, 1.807) is 23.3 Å². The van der Waals surface area contributed by atoms with Gasteiger partial charge in [0.25, 0.3) is 0 Å². The fraction of sp³-hybridized carbons (Fsp3) is 0.462. The van der Waals surface area contributed by atoms with Crippen molar-refractivity contribution in [1.82, 2.24) is 19.7 Å². The molecular formula is C13H16BBrN4O2. The minimum atomic E-state index is -0.499. The molecule has 0 aliphatic carbocycles. The Labute approximate surface area is 132 Å². The summed E-state index contributed by atoms with van der Waals surface area (Å²) in [5, 5.41) is 4.16. The lowest BCUT2D eigenvalue weighted by Crippen LogP contribution is -2.41. The molecule has 0 aromatic carbocycles. The van der Waals surface area contributed by atoms with Gasteiger partial charge in [-0.3, -0.25) is 4.98 Å². The average Bonchev–Trinajstić information content (AvgIpc) is 2.92. The van der Waals surface area contributed by atoms with E-state index in [-0.39, 0.29) is 11.2 Å². The molecule has 3 heterocycles. The number of aromatic nitrogens is 4. The Kier molecular flexibility index (Phi) is 3.42. The molecule has 0 N–H and O–H groups in total. The highest BCUT2D eigenvalue weighted by molar-refractivity contribution is 9.10. The summed E-state index contributed by atoms with van der Waals surface area (Å²) in [6.45, 7) is 8.04. The van der Waals surface area contributed by atoms with E-state index in [2.05, 4.69) is 31.0 Å². The first-order valence-corrected chi connectivity index (χ1v) is 7.46. The fourth-order valence-corrected chi connectivity index (χ4v) is 2.25. The summed E-state index contributed by atoms with van der Waals surface area (Å²) >= 11 is 3.35. The zero-order valence-electron chi connectivity index (χ0n) is 12.4. The Balaban J connectivity index is 1.83. The third kappa shape index (κ3) is 2.63. The lowest BCUT2D eigenvalue weighted by atomic mass is 9.85. The Hall–Kier alpha value is -1.25. The van der Waals surface area contributed by atoms with Crippen LogP contribution in [-0.2, 0) is 9.31 Å². The molecular weight excluding hydrogens is 335 g/mol. The number of hydrogen-bond donors (Lipinski definition) is 0. The predicted octanol–water partition coefficient (Wildman–Crippen LogP) is 1.72. The first-order chi connectivity index (χ1) is 9.78. The highest BCUT2D eigenvalue weighted by Gasteiger charge is 2.52. The molecule has 1 aliphatic heterocycles. The average molecular weight is 351 g/mol. The van der Waals surface area contributed by atoms with Crippen LogP contribution < -0.4 is 5.59 Å². The maximum atomic E-state index is 5.95. The topological polar surface area (TPSA) is 62.1 Å². The first kappa shape index (κ1) is 14.7. The lowest BCUT2D eigenvalue weighted by Gasteiger charge is -2.32. The van der Waals surface area contributed by atoms with E-state index < -0.39 is 7.12 Å². The molecule has 0 saturated carbocycles. The van der Waals surface area contributed by atoms with Gasteiger partial charge in [0.05, 0.1) is 33.7 Å². The molecule has 0 bridgehead atoms. The lowest BCUT2D eigenvalue weighted by molar-refractivity contribution is 0.00578. The second-order valence-electron chi connectivity index (χ2n) is 5.99. The highest BCUT2D eigenvalue weighted by atomic mass is 79.9. The molecule has 6 nitrogen and oxygen atoms in total. The smallest absolute Gasteiger partial charge is 0.398 e. The van der Waals surface area contributed by atoms with E-state index in [0.717, 1.165) is 4.47 Å². The third-order valence-corrected chi connectivity index (χ3v) is 4.35. The Morgan fingerprint density at radius 3 is 2.19 bits per heavy atom. The van der Waals surface area contributed by atoms with Gasteiger partial charge in [-0.25, -0.2) is 9.67 Å². The van der Waals surface area contributed by atoms with Crippen molar-refractivity contribution in [2.24, 2.45) is 0 Å². The molecule has 1 aliphatic rings. The minimum absolute atomic E-state index is 0.384. The van der Waals surface area contributed by atoms with Gasteiger partial charge in [-0.1, -0.05) is 0 Å². The Bertz CT molecular complexity index is 640. The Morgan fingerprint density at radius 1 is 1.05 bits per heavy atom. The van der Waals surface area contributed by atoms with E-state index in [4.69, 9.17) is 9.31 Å². The SMILES string of the molecule is CC1(C)OB(c2cnc(-n3cc(Br)cn3)cn2)OC1(C)C. The van der Waals surface area contributed by atoms with Crippen LogP contribution in [0, 0.1) is 0 Å². The van der Waals surface area contributed by atoms with E-state index >= 15 is 0 Å². The second-order valence-corrected chi connectivity index (χ2v) is 6.91. The van der Waals surface area contributed by atoms with Gasteiger partial charge < -0.3 is 9.31 Å². The molecule has 2 aromatic heterocycles. The summed E-state index contributed by atoms with van der Waals surface area (Å²) in [5.41, 5.74) is -0.112. The van der Waals surface area contributed by atoms with Crippen molar-refractivity contribution in [1.29, 1.82) is 0 Å². The molecule has 21 heavy (non-hydrogen) atoms. The van der Waals surface area contributed by atoms with Gasteiger partial charge in [0.2, 0.25) is 0 Å². The third-order valence-electron chi connectivity index (χ3n) is 3.94. The van der Waals surface area contributed by atoms with Crippen LogP contribution in [-0.4, -0.2) is 38.1 Å². The zero-order valence-corrected chi connectivity index (χ0v) is 14.0. The fourth-order valence-electron chi connectivity index (χ4n) is 1.96. The minimum Gasteiger partial charge on any atom is -0.398 e. The van der Waals surface area contributed by atoms with Crippen LogP contribution in [0.4, 0.5) is 0 Å². The molecule has 0 amide bonds. The first-order valence-electron chi connectivity index (χ1n) is 6.67. The number of halogens is 1. The van der Waals surface area contributed by atoms with Crippen LogP contribution in [0.3, 0.4) is 0 Å². The van der Waals surface area contributed by atoms with E-state index in [9.17, 15) is 0 Å². The van der Waals surface area contributed by atoms with Crippen molar-refractivity contribution in [2.45, 2.75) is 38.9 Å². The van der Waals surface area contributed by atoms with Gasteiger partial charge in [-0.15, -0.1) is 0 Å². The van der Waals surface area contributed by atoms with Crippen LogP contribution in [0.1, 0.15) is 27.7 Å². The van der Waals surface area contributed by atoms with E-state index in [1.165, 1.54) is 0 Å². The summed E-state index contributed by atoms with van der Waals surface area (Å²) < 4.78 is 14.4. The molecule has 2 aromatic rings. The largest absolute Gasteiger partial charge is 0.516 e. The van der Waals surface area contributed by atoms with Gasteiger partial charge in [-0.2, -0.15) is 5.10 Å². The van der Waals surface area contributed by atoms with Crippen molar-refractivity contribution in [2.75, 3.05) is 0 Å². The van der Waals surface area contributed by atoms with E-state index in [0.29, 0.717) is 11.4 Å². The van der Waals surface area contributed by atoms with Gasteiger partial charge in [0.1, 0.15) is 0 Å². The monoisotopic (exact) mass is 350 g/mol. The predicted molar refractivity (Wildman–Crippen MR) is 82.6 cm³/mol. The van der Waals surface area contributed by atoms with Crippen LogP contribution in [0.25, 0.3) is 5.82 Å². The quantitative estimate of drug-likeness (QED) is 0.772. The van der Waals surface area contributed by atoms with Gasteiger partial charge in [0.15, 0.2) is 5.82 Å². The zero-order chi connectivity index (χ0) is 15.3. The number of rotatable bonds is 2. The summed E-state index contributed by atoms with van der Waals surface area (Å²) in [4.78, 5) is 8.75. The van der Waals surface area contributed by atoms with Crippen molar-refractivity contribution < 1.29 is 9.31 Å². The van der Waals surface area contributed by atoms with Crippen LogP contribution >= 0.6 is 15.9 Å². The maximum Gasteiger partial charge on any atom is 0.516 e. The molecule has 3 rings (SSSR count). The van der Waals surface area contributed by atoms with E-state index in [1.807, 2.05) is 33.9 Å². The van der Waals surface area contributed by atoms with Crippen LogP contribution in [0.5, 0.6) is 0 Å². The normalized spacial score (nSPS) is 20.0. The highest BCUT2D eigenvalue weighted by Crippen LogP contribution is 2.36. The van der Waals surface area contributed by atoms with Crippen LogP contribution in [0.2, 0.25) is 0 Å². The summed E-state index contributed by atoms with van der Waals surface area (Å²) in [6.07, 6.45) is 6.83. The van der Waals surface area contributed by atoms with Crippen molar-refractivity contribution >= 4 is 28.6 Å². The molecule has 8 heteroatoms. The molecule has 0 spiro atoms. The maximum absolute atomic E-state index is 5.95. The standard InChI is InChI=1S/C13H16BBrN4O2/c1-12(2)13(3,4)21-14(20-12)10-6-17-11(7-16-10)19-8-9(15)5-18-19/h5-8H,1-4H3. The van der Waals surface area contributed by atoms with Crippen molar-refractivity contribution in [3.05, 3.63) is 29.3 Å². The molecule has 1 fully saturated rings. The second kappa shape index (κ2) is 4.89. The summed E-state index contributed by atoms with van der Waals surface area (Å²) in [7, 11) is -0.499. The molecule has 1 saturated heterocycles. The molecule has 110 valence electrons. The molecule has 0 radical (unpaired) electrons. The van der Waals surface area contributed by atoms with Crippen LogP contribution in [0.15, 0.2) is 29.3 Å². The summed E-state index contributed by atoms with van der Waals surface area (Å²) in [6, 6.07) is 0.